The number of nitrogens with zero attached hydrogens (tertiary/aromatic N) is 2. The fourth-order valence-corrected chi connectivity index (χ4v) is 3.42. The zero-order chi connectivity index (χ0) is 15.7. The largest absolute Gasteiger partial charge is 0.335 e. The minimum atomic E-state index is -0.617. The van der Waals surface area contributed by atoms with E-state index in [4.69, 9.17) is 11.6 Å². The normalized spacial score (nSPS) is 10.9. The van der Waals surface area contributed by atoms with E-state index in [-0.39, 0.29) is 10.6 Å². The van der Waals surface area contributed by atoms with Crippen LogP contribution in [0.3, 0.4) is 0 Å². The second-order valence-corrected chi connectivity index (χ2v) is 6.36. The molecular formula is C16H12ClFN2OS. The zero-order valence-corrected chi connectivity index (χ0v) is 13.3. The van der Waals surface area contributed by atoms with E-state index in [9.17, 15) is 9.18 Å². The van der Waals surface area contributed by atoms with Gasteiger partial charge in [-0.3, -0.25) is 4.79 Å². The van der Waals surface area contributed by atoms with Gasteiger partial charge in [0.2, 0.25) is 0 Å². The van der Waals surface area contributed by atoms with Crippen LogP contribution in [0.1, 0.15) is 15.4 Å². The average Bonchev–Trinajstić information content (AvgIpc) is 2.89. The van der Waals surface area contributed by atoms with Gasteiger partial charge in [-0.15, -0.1) is 11.3 Å². The highest BCUT2D eigenvalue weighted by molar-refractivity contribution is 7.18. The first-order valence-corrected chi connectivity index (χ1v) is 7.79. The van der Waals surface area contributed by atoms with Gasteiger partial charge in [0.25, 0.3) is 5.91 Å². The van der Waals surface area contributed by atoms with Gasteiger partial charge < -0.3 is 4.90 Å². The van der Waals surface area contributed by atoms with Crippen molar-refractivity contribution in [2.75, 3.05) is 7.05 Å². The van der Waals surface area contributed by atoms with Gasteiger partial charge in [-0.1, -0.05) is 29.8 Å². The van der Waals surface area contributed by atoms with Gasteiger partial charge in [-0.2, -0.15) is 0 Å². The van der Waals surface area contributed by atoms with E-state index in [0.717, 1.165) is 15.2 Å². The van der Waals surface area contributed by atoms with E-state index in [0.29, 0.717) is 6.54 Å². The Balaban J connectivity index is 1.84. The highest BCUT2D eigenvalue weighted by Gasteiger charge is 2.20. The van der Waals surface area contributed by atoms with Crippen LogP contribution in [0.2, 0.25) is 5.02 Å². The molecule has 3 rings (SSSR count). The lowest BCUT2D eigenvalue weighted by molar-refractivity contribution is 0.0780. The molecule has 0 bridgehead atoms. The van der Waals surface area contributed by atoms with Crippen molar-refractivity contribution < 1.29 is 9.18 Å². The van der Waals surface area contributed by atoms with Crippen LogP contribution in [0.5, 0.6) is 0 Å². The molecular weight excluding hydrogens is 323 g/mol. The van der Waals surface area contributed by atoms with Gasteiger partial charge in [-0.25, -0.2) is 9.37 Å². The first-order valence-electron chi connectivity index (χ1n) is 6.60. The fraction of sp³-hybridized carbons (Fsp3) is 0.125. The summed E-state index contributed by atoms with van der Waals surface area (Å²) in [5.74, 6) is -1.07. The number of amides is 1. The molecule has 0 atom stereocenters. The molecule has 112 valence electrons. The summed E-state index contributed by atoms with van der Waals surface area (Å²) >= 11 is 7.45. The van der Waals surface area contributed by atoms with Crippen LogP contribution in [0.15, 0.2) is 42.5 Å². The number of thiazole rings is 1. The quantitative estimate of drug-likeness (QED) is 0.713. The van der Waals surface area contributed by atoms with E-state index in [2.05, 4.69) is 4.98 Å². The predicted octanol–water partition coefficient (Wildman–Crippen LogP) is 4.36. The fourth-order valence-electron chi connectivity index (χ4n) is 2.16. The molecule has 0 saturated carbocycles. The van der Waals surface area contributed by atoms with Crippen molar-refractivity contribution in [2.24, 2.45) is 0 Å². The lowest BCUT2D eigenvalue weighted by atomic mass is 10.2. The lowest BCUT2D eigenvalue weighted by Gasteiger charge is -2.16. The molecule has 3 aromatic rings. The van der Waals surface area contributed by atoms with Crippen molar-refractivity contribution in [1.29, 1.82) is 0 Å². The second-order valence-electron chi connectivity index (χ2n) is 4.83. The van der Waals surface area contributed by atoms with Crippen LogP contribution in [0.4, 0.5) is 4.39 Å². The molecule has 0 unspecified atom stereocenters. The average molecular weight is 335 g/mol. The predicted molar refractivity (Wildman–Crippen MR) is 86.8 cm³/mol. The van der Waals surface area contributed by atoms with Crippen LogP contribution in [0.25, 0.3) is 10.2 Å². The van der Waals surface area contributed by atoms with Crippen molar-refractivity contribution in [3.8, 4) is 0 Å². The maximum absolute atomic E-state index is 13.8. The molecule has 0 saturated heterocycles. The number of benzene rings is 2. The standard InChI is InChI=1S/C16H12ClFN2OS/c1-20(16(21)15-10(17)5-4-6-11(15)18)9-14-19-12-7-2-3-8-13(12)22-14/h2-8H,9H2,1H3. The summed E-state index contributed by atoms with van der Waals surface area (Å²) in [4.78, 5) is 18.3. The minimum absolute atomic E-state index is 0.104. The maximum Gasteiger partial charge on any atom is 0.258 e. The lowest BCUT2D eigenvalue weighted by Crippen LogP contribution is -2.27. The Morgan fingerprint density at radius 2 is 2.05 bits per heavy atom. The molecule has 3 nitrogen and oxygen atoms in total. The van der Waals surface area contributed by atoms with Crippen LogP contribution < -0.4 is 0 Å². The Morgan fingerprint density at radius 1 is 1.27 bits per heavy atom. The monoisotopic (exact) mass is 334 g/mol. The van der Waals surface area contributed by atoms with E-state index in [1.54, 1.807) is 7.05 Å². The number of carbonyl (C=O) groups is 1. The molecule has 1 aromatic heterocycles. The number of aromatic nitrogens is 1. The van der Waals surface area contributed by atoms with E-state index in [1.807, 2.05) is 24.3 Å². The molecule has 0 aliphatic rings. The van der Waals surface area contributed by atoms with Crippen molar-refractivity contribution in [2.45, 2.75) is 6.54 Å². The molecule has 2 aromatic carbocycles. The summed E-state index contributed by atoms with van der Waals surface area (Å²) in [5.41, 5.74) is 0.792. The Labute approximate surface area is 136 Å². The van der Waals surface area contributed by atoms with Gasteiger partial charge in [0, 0.05) is 7.05 Å². The summed E-state index contributed by atoms with van der Waals surface area (Å²) in [5, 5.41) is 0.908. The topological polar surface area (TPSA) is 33.2 Å². The van der Waals surface area contributed by atoms with Crippen LogP contribution in [-0.4, -0.2) is 22.8 Å². The number of rotatable bonds is 3. The Morgan fingerprint density at radius 3 is 2.77 bits per heavy atom. The van der Waals surface area contributed by atoms with Crippen LogP contribution >= 0.6 is 22.9 Å². The van der Waals surface area contributed by atoms with Crippen molar-refractivity contribution >= 4 is 39.1 Å². The summed E-state index contributed by atoms with van der Waals surface area (Å²) < 4.78 is 14.9. The number of para-hydroxylation sites is 1. The molecule has 6 heteroatoms. The summed E-state index contributed by atoms with van der Waals surface area (Å²) in [7, 11) is 1.61. The molecule has 0 radical (unpaired) electrons. The van der Waals surface area contributed by atoms with Crippen molar-refractivity contribution in [3.05, 3.63) is 63.9 Å². The third-order valence-electron chi connectivity index (χ3n) is 3.23. The highest BCUT2D eigenvalue weighted by Crippen LogP contribution is 2.24. The van der Waals surface area contributed by atoms with Gasteiger partial charge in [0.05, 0.1) is 27.3 Å². The van der Waals surface area contributed by atoms with Crippen LogP contribution in [0, 0.1) is 5.82 Å². The summed E-state index contributed by atoms with van der Waals surface area (Å²) in [6.45, 7) is 0.308. The Bertz CT molecular complexity index is 796. The van der Waals surface area contributed by atoms with Crippen molar-refractivity contribution in [3.63, 3.8) is 0 Å². The molecule has 0 aliphatic heterocycles. The Kier molecular flexibility index (Phi) is 4.09. The molecule has 1 amide bonds. The Hall–Kier alpha value is -1.98. The van der Waals surface area contributed by atoms with E-state index in [1.165, 1.54) is 34.4 Å². The second kappa shape index (κ2) is 6.02. The summed E-state index contributed by atoms with van der Waals surface area (Å²) in [6, 6.07) is 12.0. The number of halogens is 2. The third-order valence-corrected chi connectivity index (χ3v) is 4.57. The van der Waals surface area contributed by atoms with E-state index >= 15 is 0 Å². The van der Waals surface area contributed by atoms with Gasteiger partial charge >= 0.3 is 0 Å². The molecule has 1 heterocycles. The molecule has 0 fully saturated rings. The van der Waals surface area contributed by atoms with Crippen LogP contribution in [-0.2, 0) is 6.54 Å². The third kappa shape index (κ3) is 2.82. The number of fused-ring (bicyclic) bond motifs is 1. The zero-order valence-electron chi connectivity index (χ0n) is 11.7. The number of hydrogen-bond acceptors (Lipinski definition) is 3. The first kappa shape index (κ1) is 14.9. The van der Waals surface area contributed by atoms with Gasteiger partial charge in [0.15, 0.2) is 0 Å². The first-order chi connectivity index (χ1) is 10.6. The van der Waals surface area contributed by atoms with Gasteiger partial charge in [0.1, 0.15) is 10.8 Å². The van der Waals surface area contributed by atoms with E-state index < -0.39 is 11.7 Å². The molecule has 0 aliphatic carbocycles. The highest BCUT2D eigenvalue weighted by atomic mass is 35.5. The minimum Gasteiger partial charge on any atom is -0.335 e. The van der Waals surface area contributed by atoms with Gasteiger partial charge in [-0.05, 0) is 24.3 Å². The smallest absolute Gasteiger partial charge is 0.258 e. The SMILES string of the molecule is CN(Cc1nc2ccccc2s1)C(=O)c1c(F)cccc1Cl. The number of hydrogen-bond donors (Lipinski definition) is 0. The molecule has 0 N–H and O–H groups in total. The van der Waals surface area contributed by atoms with Crippen molar-refractivity contribution in [1.82, 2.24) is 9.88 Å². The molecule has 0 spiro atoms. The summed E-state index contributed by atoms with van der Waals surface area (Å²) in [6.07, 6.45) is 0. The number of carbonyl (C=O) groups excluding carboxylic acids is 1. The molecule has 22 heavy (non-hydrogen) atoms. The maximum atomic E-state index is 13.8.